The van der Waals surface area contributed by atoms with E-state index in [4.69, 9.17) is 23.9 Å². The Morgan fingerprint density at radius 2 is 1.74 bits per heavy atom. The third-order valence-electron chi connectivity index (χ3n) is 5.50. The molecule has 2 rings (SSSR count). The summed E-state index contributed by atoms with van der Waals surface area (Å²) < 4.78 is 22.9. The minimum atomic E-state index is -1.11. The SMILES string of the molecule is COc1cc(C=CC(=O)O)cc(C=C(CNC(=O)OC(C)(C)C)B2OC(C)(C)C(C)(C)O2)c1O. The molecule has 10 heteroatoms. The van der Waals surface area contributed by atoms with E-state index in [1.165, 1.54) is 19.3 Å². The zero-order valence-corrected chi connectivity index (χ0v) is 21.0. The number of rotatable bonds is 7. The summed E-state index contributed by atoms with van der Waals surface area (Å²) >= 11 is 0. The lowest BCUT2D eigenvalue weighted by atomic mass is 9.76. The van der Waals surface area contributed by atoms with Crippen LogP contribution in [0.5, 0.6) is 11.5 Å². The van der Waals surface area contributed by atoms with Gasteiger partial charge >= 0.3 is 19.2 Å². The molecule has 1 saturated heterocycles. The summed E-state index contributed by atoms with van der Waals surface area (Å²) in [7, 11) is 0.579. The van der Waals surface area contributed by atoms with Crippen molar-refractivity contribution in [2.24, 2.45) is 0 Å². The van der Waals surface area contributed by atoms with E-state index >= 15 is 0 Å². The minimum absolute atomic E-state index is 0.0166. The molecule has 1 fully saturated rings. The van der Waals surface area contributed by atoms with Gasteiger partial charge in [0, 0.05) is 18.2 Å². The smallest absolute Gasteiger partial charge is 0.492 e. The standard InChI is InChI=1S/C24H34BNO8/c1-22(2,3)32-21(30)26-14-17(25-33-23(4,5)24(6,7)34-25)13-16-11-15(9-10-19(27)28)12-18(31-8)20(16)29/h9-13,29H,14H2,1-8H3,(H,26,30)(H,27,28). The van der Waals surface area contributed by atoms with Gasteiger partial charge in [-0.3, -0.25) is 0 Å². The van der Waals surface area contributed by atoms with Crippen LogP contribution in [0, 0.1) is 0 Å². The van der Waals surface area contributed by atoms with E-state index in [9.17, 15) is 14.7 Å². The molecule has 0 spiro atoms. The molecule has 1 heterocycles. The molecule has 0 aliphatic carbocycles. The van der Waals surface area contributed by atoms with E-state index in [0.29, 0.717) is 16.6 Å². The van der Waals surface area contributed by atoms with E-state index in [1.54, 1.807) is 32.9 Å². The number of nitrogens with one attached hydrogen (secondary N) is 1. The largest absolute Gasteiger partial charge is 0.504 e. The fourth-order valence-corrected chi connectivity index (χ4v) is 3.07. The van der Waals surface area contributed by atoms with Crippen LogP contribution in [0.25, 0.3) is 12.2 Å². The third kappa shape index (κ3) is 7.01. The highest BCUT2D eigenvalue weighted by Crippen LogP contribution is 2.40. The highest BCUT2D eigenvalue weighted by Gasteiger charge is 2.52. The topological polar surface area (TPSA) is 124 Å². The van der Waals surface area contributed by atoms with Gasteiger partial charge in [0.1, 0.15) is 5.60 Å². The van der Waals surface area contributed by atoms with Crippen LogP contribution in [-0.4, -0.2) is 59.9 Å². The number of hydrogen-bond acceptors (Lipinski definition) is 7. The Balaban J connectivity index is 2.49. The Labute approximate surface area is 200 Å². The predicted molar refractivity (Wildman–Crippen MR) is 130 cm³/mol. The molecule has 0 unspecified atom stereocenters. The quantitative estimate of drug-likeness (QED) is 0.399. The second kappa shape index (κ2) is 10.1. The predicted octanol–water partition coefficient (Wildman–Crippen LogP) is 4.04. The lowest BCUT2D eigenvalue weighted by molar-refractivity contribution is -0.131. The van der Waals surface area contributed by atoms with Crippen LogP contribution in [0.2, 0.25) is 0 Å². The second-order valence-electron chi connectivity index (χ2n) is 10.00. The number of carboxylic acids is 1. The van der Waals surface area contributed by atoms with Gasteiger partial charge in [-0.25, -0.2) is 9.59 Å². The number of phenolic OH excluding ortho intramolecular Hbond substituents is 1. The van der Waals surface area contributed by atoms with Gasteiger partial charge < -0.3 is 34.3 Å². The van der Waals surface area contributed by atoms with E-state index in [2.05, 4.69) is 5.32 Å². The van der Waals surface area contributed by atoms with E-state index in [1.807, 2.05) is 27.7 Å². The number of carboxylic acid groups (broad SMARTS) is 1. The van der Waals surface area contributed by atoms with Crippen LogP contribution in [0.15, 0.2) is 23.7 Å². The Morgan fingerprint density at radius 1 is 1.15 bits per heavy atom. The summed E-state index contributed by atoms with van der Waals surface area (Å²) in [6.45, 7) is 12.9. The molecule has 1 aliphatic rings. The van der Waals surface area contributed by atoms with E-state index < -0.39 is 36.0 Å². The molecular formula is C24H34BNO8. The fraction of sp³-hybridized carbons (Fsp3) is 0.500. The van der Waals surface area contributed by atoms with Crippen molar-refractivity contribution in [3.8, 4) is 11.5 Å². The molecule has 9 nitrogen and oxygen atoms in total. The minimum Gasteiger partial charge on any atom is -0.504 e. The Bertz CT molecular complexity index is 975. The first kappa shape index (κ1) is 27.3. The number of methoxy groups -OCH3 is 1. The molecule has 34 heavy (non-hydrogen) atoms. The first-order valence-corrected chi connectivity index (χ1v) is 10.9. The third-order valence-corrected chi connectivity index (χ3v) is 5.50. The zero-order valence-electron chi connectivity index (χ0n) is 21.0. The fourth-order valence-electron chi connectivity index (χ4n) is 3.07. The number of alkyl carbamates (subject to hydrolysis) is 1. The van der Waals surface area contributed by atoms with Gasteiger partial charge in [-0.15, -0.1) is 0 Å². The molecule has 0 radical (unpaired) electrons. The molecule has 186 valence electrons. The molecule has 0 atom stereocenters. The molecule has 1 aromatic rings. The molecular weight excluding hydrogens is 441 g/mol. The van der Waals surface area contributed by atoms with Crippen molar-refractivity contribution in [2.45, 2.75) is 65.3 Å². The lowest BCUT2D eigenvalue weighted by Gasteiger charge is -2.32. The maximum Gasteiger partial charge on any atom is 0.492 e. The van der Waals surface area contributed by atoms with Crippen LogP contribution < -0.4 is 10.1 Å². The van der Waals surface area contributed by atoms with Gasteiger partial charge in [-0.05, 0) is 77.7 Å². The van der Waals surface area contributed by atoms with E-state index in [-0.39, 0.29) is 18.0 Å². The zero-order chi connectivity index (χ0) is 25.9. The van der Waals surface area contributed by atoms with Crippen molar-refractivity contribution in [1.29, 1.82) is 0 Å². The summed E-state index contributed by atoms with van der Waals surface area (Å²) in [5.41, 5.74) is -0.587. The molecule has 0 saturated carbocycles. The summed E-state index contributed by atoms with van der Waals surface area (Å²) in [5, 5.41) is 22.4. The van der Waals surface area contributed by atoms with Crippen LogP contribution in [0.1, 0.15) is 59.6 Å². The number of phenols is 1. The summed E-state index contributed by atoms with van der Waals surface area (Å²) in [6, 6.07) is 3.11. The van der Waals surface area contributed by atoms with Crippen LogP contribution >= 0.6 is 0 Å². The average molecular weight is 475 g/mol. The van der Waals surface area contributed by atoms with Crippen molar-refractivity contribution >= 4 is 31.3 Å². The number of carbonyl (C=O) groups is 2. The van der Waals surface area contributed by atoms with Gasteiger partial charge in [0.25, 0.3) is 0 Å². The molecule has 1 aliphatic heterocycles. The molecule has 1 amide bonds. The molecule has 0 bridgehead atoms. The van der Waals surface area contributed by atoms with Crippen LogP contribution in [0.4, 0.5) is 4.79 Å². The van der Waals surface area contributed by atoms with Crippen molar-refractivity contribution in [2.75, 3.05) is 13.7 Å². The highest BCUT2D eigenvalue weighted by molar-refractivity contribution is 6.56. The van der Waals surface area contributed by atoms with Crippen LogP contribution in [-0.2, 0) is 18.8 Å². The number of aliphatic carboxylic acids is 1. The lowest BCUT2D eigenvalue weighted by Crippen LogP contribution is -2.41. The first-order chi connectivity index (χ1) is 15.5. The second-order valence-corrected chi connectivity index (χ2v) is 10.00. The summed E-state index contributed by atoms with van der Waals surface area (Å²) in [6.07, 6.45) is 3.37. The van der Waals surface area contributed by atoms with Crippen molar-refractivity contribution < 1.29 is 38.6 Å². The summed E-state index contributed by atoms with van der Waals surface area (Å²) in [5.74, 6) is -1.10. The number of aromatic hydroxyl groups is 1. The molecule has 1 aromatic carbocycles. The maximum absolute atomic E-state index is 12.3. The average Bonchev–Trinajstić information content (AvgIpc) is 2.90. The number of ether oxygens (including phenoxy) is 2. The monoisotopic (exact) mass is 475 g/mol. The van der Waals surface area contributed by atoms with Gasteiger partial charge in [0.15, 0.2) is 11.5 Å². The number of carbonyl (C=O) groups excluding carboxylic acids is 1. The van der Waals surface area contributed by atoms with Gasteiger partial charge in [-0.1, -0.05) is 6.08 Å². The summed E-state index contributed by atoms with van der Waals surface area (Å²) in [4.78, 5) is 23.2. The van der Waals surface area contributed by atoms with Crippen molar-refractivity contribution in [1.82, 2.24) is 5.32 Å². The van der Waals surface area contributed by atoms with Crippen molar-refractivity contribution in [3.05, 3.63) is 34.8 Å². The van der Waals surface area contributed by atoms with Gasteiger partial charge in [0.05, 0.1) is 18.3 Å². The Kier molecular flexibility index (Phi) is 8.11. The molecule has 3 N–H and O–H groups in total. The molecule has 0 aromatic heterocycles. The number of amides is 1. The normalized spacial score (nSPS) is 17.6. The Morgan fingerprint density at radius 3 is 2.24 bits per heavy atom. The highest BCUT2D eigenvalue weighted by atomic mass is 16.7. The van der Waals surface area contributed by atoms with Gasteiger partial charge in [0.2, 0.25) is 0 Å². The van der Waals surface area contributed by atoms with Crippen molar-refractivity contribution in [3.63, 3.8) is 0 Å². The van der Waals surface area contributed by atoms with Gasteiger partial charge in [-0.2, -0.15) is 0 Å². The Hall–Kier alpha value is -2.98. The van der Waals surface area contributed by atoms with Crippen LogP contribution in [0.3, 0.4) is 0 Å². The number of hydrogen-bond donors (Lipinski definition) is 3. The number of benzene rings is 1. The first-order valence-electron chi connectivity index (χ1n) is 10.9. The maximum atomic E-state index is 12.3. The van der Waals surface area contributed by atoms with E-state index in [0.717, 1.165) is 6.08 Å².